The van der Waals surface area contributed by atoms with Crippen molar-refractivity contribution in [2.75, 3.05) is 12.4 Å². The molecule has 0 spiro atoms. The van der Waals surface area contributed by atoms with Crippen LogP contribution in [0.4, 0.5) is 20.7 Å². The number of nitro groups is 1. The van der Waals surface area contributed by atoms with Crippen LogP contribution in [0.15, 0.2) is 30.6 Å². The Kier molecular flexibility index (Phi) is 6.13. The number of ether oxygens (including phenoxy) is 2. The summed E-state index contributed by atoms with van der Waals surface area (Å²) in [5, 5.41) is 26.8. The number of amides is 1. The molecule has 2 N–H and O–H groups in total. The van der Waals surface area contributed by atoms with E-state index in [0.29, 0.717) is 11.1 Å². The predicted octanol–water partition coefficient (Wildman–Crippen LogP) is 3.54. The van der Waals surface area contributed by atoms with Gasteiger partial charge in [0.25, 0.3) is 0 Å². The second kappa shape index (κ2) is 9.16. The number of aromatic nitrogens is 4. The fourth-order valence-corrected chi connectivity index (χ4v) is 3.21. The number of benzene rings is 1. The van der Waals surface area contributed by atoms with Crippen molar-refractivity contribution in [3.63, 3.8) is 0 Å². The number of methoxy groups -OCH3 is 1. The lowest BCUT2D eigenvalue weighted by Crippen LogP contribution is -2.10. The fourth-order valence-electron chi connectivity index (χ4n) is 3.21. The van der Waals surface area contributed by atoms with Gasteiger partial charge in [0.2, 0.25) is 5.75 Å². The minimum absolute atomic E-state index is 0.0254. The molecule has 0 atom stereocenters. The Labute approximate surface area is 186 Å². The van der Waals surface area contributed by atoms with Gasteiger partial charge in [-0.15, -0.1) is 0 Å². The van der Waals surface area contributed by atoms with Gasteiger partial charge in [-0.25, -0.2) is 23.8 Å². The molecule has 172 valence electrons. The van der Waals surface area contributed by atoms with Gasteiger partial charge in [-0.1, -0.05) is 0 Å². The maximum Gasteiger partial charge on any atom is 0.410 e. The molecule has 13 heteroatoms. The van der Waals surface area contributed by atoms with E-state index < -0.39 is 16.8 Å². The minimum Gasteiger partial charge on any atom is -0.490 e. The van der Waals surface area contributed by atoms with Crippen LogP contribution < -0.4 is 10.1 Å². The molecule has 2 aromatic heterocycles. The third kappa shape index (κ3) is 5.03. The third-order valence-corrected chi connectivity index (χ3v) is 4.86. The first kappa shape index (κ1) is 22.1. The normalized spacial score (nSPS) is 13.0. The van der Waals surface area contributed by atoms with Crippen molar-refractivity contribution in [1.82, 2.24) is 19.7 Å². The molecule has 0 unspecified atom stereocenters. The van der Waals surface area contributed by atoms with E-state index in [2.05, 4.69) is 15.1 Å². The van der Waals surface area contributed by atoms with E-state index in [-0.39, 0.29) is 48.0 Å². The van der Waals surface area contributed by atoms with Crippen LogP contribution in [0.2, 0.25) is 0 Å². The number of nitrogens with zero attached hydrogens (tertiary/aromatic N) is 5. The maximum atomic E-state index is 14.0. The molecule has 1 fully saturated rings. The van der Waals surface area contributed by atoms with Crippen molar-refractivity contribution in [2.24, 2.45) is 0 Å². The van der Waals surface area contributed by atoms with Gasteiger partial charge >= 0.3 is 11.8 Å². The molecule has 3 aromatic rings. The Morgan fingerprint density at radius 2 is 2.15 bits per heavy atom. The summed E-state index contributed by atoms with van der Waals surface area (Å²) in [5.74, 6) is -0.425. The summed E-state index contributed by atoms with van der Waals surface area (Å²) >= 11 is 0. The number of nitro benzene ring substituents is 1. The van der Waals surface area contributed by atoms with Gasteiger partial charge in [0.1, 0.15) is 23.7 Å². The molecule has 1 saturated carbocycles. The molecule has 1 amide bonds. The number of anilines is 1. The minimum atomic E-state index is -1.34. The highest BCUT2D eigenvalue weighted by molar-refractivity contribution is 5.81. The van der Waals surface area contributed by atoms with Gasteiger partial charge in [-0.05, 0) is 36.6 Å². The molecular formula is C20H19FN6O6. The van der Waals surface area contributed by atoms with Gasteiger partial charge in [0.15, 0.2) is 5.82 Å². The summed E-state index contributed by atoms with van der Waals surface area (Å²) in [6, 6.07) is 5.44. The first-order chi connectivity index (χ1) is 15.9. The topological polar surface area (TPSA) is 155 Å². The van der Waals surface area contributed by atoms with E-state index in [0.717, 1.165) is 18.9 Å². The summed E-state index contributed by atoms with van der Waals surface area (Å²) in [4.78, 5) is 29.9. The molecule has 2 heterocycles. The van der Waals surface area contributed by atoms with Crippen molar-refractivity contribution in [3.8, 4) is 17.1 Å². The van der Waals surface area contributed by atoms with Crippen molar-refractivity contribution in [3.05, 3.63) is 57.8 Å². The Bertz CT molecular complexity index is 1210. The van der Waals surface area contributed by atoms with Gasteiger partial charge in [-0.2, -0.15) is 5.10 Å². The van der Waals surface area contributed by atoms with Gasteiger partial charge in [0.05, 0.1) is 36.9 Å². The summed E-state index contributed by atoms with van der Waals surface area (Å²) in [6.45, 7) is -0.399. The fraction of sp³-hybridized carbons (Fsp3) is 0.300. The van der Waals surface area contributed by atoms with Crippen LogP contribution in [-0.2, 0) is 18.0 Å². The van der Waals surface area contributed by atoms with E-state index in [4.69, 9.17) is 14.6 Å². The Hall–Kier alpha value is -4.13. The molecular weight excluding hydrogens is 439 g/mol. The van der Waals surface area contributed by atoms with Crippen LogP contribution in [0, 0.1) is 15.9 Å². The van der Waals surface area contributed by atoms with E-state index >= 15 is 0 Å². The highest BCUT2D eigenvalue weighted by atomic mass is 19.1. The standard InChI is InChI=1S/C20H19FN6O6/c1-32-18-13(19-22-10-26(25-19)12-2-3-12)6-11(7-16(18)27(30)31)8-33-9-15-14(21)4-5-17(23-15)24-20(28)29/h4-7,10,12H,2-3,8-9H2,1H3,(H,23,24)(H,28,29). The second-order valence-corrected chi connectivity index (χ2v) is 7.28. The monoisotopic (exact) mass is 458 g/mol. The van der Waals surface area contributed by atoms with Crippen LogP contribution >= 0.6 is 0 Å². The Balaban J connectivity index is 1.57. The highest BCUT2D eigenvalue weighted by Gasteiger charge is 2.27. The third-order valence-electron chi connectivity index (χ3n) is 4.86. The number of carboxylic acid groups (broad SMARTS) is 1. The average molecular weight is 458 g/mol. The molecule has 0 saturated heterocycles. The number of hydrogen-bond acceptors (Lipinski definition) is 8. The lowest BCUT2D eigenvalue weighted by Gasteiger charge is -2.11. The van der Waals surface area contributed by atoms with Crippen molar-refractivity contribution in [1.29, 1.82) is 0 Å². The zero-order chi connectivity index (χ0) is 23.5. The summed E-state index contributed by atoms with van der Waals surface area (Å²) < 4.78 is 26.5. The smallest absolute Gasteiger partial charge is 0.410 e. The van der Waals surface area contributed by atoms with Crippen molar-refractivity contribution >= 4 is 17.6 Å². The zero-order valence-corrected chi connectivity index (χ0v) is 17.4. The first-order valence-electron chi connectivity index (χ1n) is 9.85. The Morgan fingerprint density at radius 1 is 1.36 bits per heavy atom. The average Bonchev–Trinajstić information content (AvgIpc) is 3.51. The molecule has 1 aliphatic carbocycles. The quantitative estimate of drug-likeness (QED) is 0.362. The number of rotatable bonds is 9. The van der Waals surface area contributed by atoms with Crippen LogP contribution in [0.25, 0.3) is 11.4 Å². The molecule has 1 aromatic carbocycles. The molecule has 0 aliphatic heterocycles. The molecule has 1 aliphatic rings. The zero-order valence-electron chi connectivity index (χ0n) is 17.4. The van der Waals surface area contributed by atoms with E-state index in [9.17, 15) is 19.3 Å². The first-order valence-corrected chi connectivity index (χ1v) is 9.85. The van der Waals surface area contributed by atoms with Crippen molar-refractivity contribution < 1.29 is 28.7 Å². The molecule has 33 heavy (non-hydrogen) atoms. The molecule has 12 nitrogen and oxygen atoms in total. The second-order valence-electron chi connectivity index (χ2n) is 7.28. The van der Waals surface area contributed by atoms with E-state index in [1.54, 1.807) is 17.1 Å². The van der Waals surface area contributed by atoms with Crippen LogP contribution in [0.5, 0.6) is 5.75 Å². The van der Waals surface area contributed by atoms with Crippen LogP contribution in [-0.4, -0.2) is 43.0 Å². The SMILES string of the molecule is COc1c(-c2ncn(C3CC3)n2)cc(COCc2nc(NC(=O)O)ccc2F)cc1[N+](=O)[O-]. The van der Waals surface area contributed by atoms with Crippen molar-refractivity contribution in [2.45, 2.75) is 32.1 Å². The van der Waals surface area contributed by atoms with Crippen LogP contribution in [0.3, 0.4) is 0 Å². The van der Waals surface area contributed by atoms with E-state index in [1.165, 1.54) is 19.2 Å². The summed E-state index contributed by atoms with van der Waals surface area (Å²) in [5.41, 5.74) is 0.352. The largest absolute Gasteiger partial charge is 0.490 e. The van der Waals surface area contributed by atoms with E-state index in [1.807, 2.05) is 5.32 Å². The summed E-state index contributed by atoms with van der Waals surface area (Å²) in [7, 11) is 1.33. The molecule has 0 bridgehead atoms. The Morgan fingerprint density at radius 3 is 2.82 bits per heavy atom. The van der Waals surface area contributed by atoms with Gasteiger partial charge < -0.3 is 14.6 Å². The summed E-state index contributed by atoms with van der Waals surface area (Å²) in [6.07, 6.45) is 2.24. The van der Waals surface area contributed by atoms with Gasteiger partial charge in [-0.3, -0.25) is 15.4 Å². The number of hydrogen-bond donors (Lipinski definition) is 2. The van der Waals surface area contributed by atoms with Crippen LogP contribution in [0.1, 0.15) is 30.1 Å². The number of nitrogens with one attached hydrogen (secondary N) is 1. The lowest BCUT2D eigenvalue weighted by molar-refractivity contribution is -0.385. The molecule has 4 rings (SSSR count). The lowest BCUT2D eigenvalue weighted by atomic mass is 10.1. The predicted molar refractivity (Wildman–Crippen MR) is 111 cm³/mol. The van der Waals surface area contributed by atoms with Gasteiger partial charge in [0, 0.05) is 6.07 Å². The number of carbonyl (C=O) groups is 1. The number of halogens is 1. The number of pyridine rings is 1. The maximum absolute atomic E-state index is 14.0. The highest BCUT2D eigenvalue weighted by Crippen LogP contribution is 2.39. The molecule has 0 radical (unpaired) electrons.